The fourth-order valence-corrected chi connectivity index (χ4v) is 4.91. The molecule has 2 heterocycles. The number of aliphatic hydroxyl groups is 1. The predicted octanol–water partition coefficient (Wildman–Crippen LogP) is 3.31. The van der Waals surface area contributed by atoms with E-state index in [0.29, 0.717) is 32.2 Å². The Kier molecular flexibility index (Phi) is 6.22. The van der Waals surface area contributed by atoms with Gasteiger partial charge in [0.15, 0.2) is 0 Å². The molecular weight excluding hydrogens is 394 g/mol. The Hall–Kier alpha value is -2.16. The van der Waals surface area contributed by atoms with Gasteiger partial charge in [-0.05, 0) is 44.9 Å². The van der Waals surface area contributed by atoms with E-state index in [2.05, 4.69) is 40.4 Å². The average molecular weight is 418 g/mol. The Morgan fingerprint density at radius 3 is 2.82 bits per heavy atom. The Morgan fingerprint density at radius 1 is 1.36 bits per heavy atom. The van der Waals surface area contributed by atoms with E-state index in [1.54, 1.807) is 25.6 Å². The van der Waals surface area contributed by atoms with Crippen molar-refractivity contribution in [3.05, 3.63) is 55.9 Å². The van der Waals surface area contributed by atoms with E-state index >= 15 is 0 Å². The van der Waals surface area contributed by atoms with Crippen LogP contribution in [-0.2, 0) is 5.75 Å². The van der Waals surface area contributed by atoms with Crippen LogP contribution in [0.3, 0.4) is 0 Å². The van der Waals surface area contributed by atoms with E-state index in [0.717, 1.165) is 4.90 Å². The standard InChI is InChI=1S/C20H23N3O3S2/c1-10-5-6-11(2)14(7-10)27-9-15-22-18(25)16-13(4)17(28-20(16)23-15)19(26)21-8-12(3)24/h5-7,12,24H,8-9H2,1-4H3,(H,21,26)(H,22,23,25). The first-order valence-corrected chi connectivity index (χ1v) is 10.7. The number of thioether (sulfide) groups is 1. The molecule has 0 saturated carbocycles. The third-order valence-electron chi connectivity index (χ3n) is 4.32. The Balaban J connectivity index is 1.87. The highest BCUT2D eigenvalue weighted by molar-refractivity contribution is 7.98. The molecule has 8 heteroatoms. The molecule has 2 aromatic heterocycles. The Morgan fingerprint density at radius 2 is 2.11 bits per heavy atom. The molecule has 1 aromatic carbocycles. The number of carbonyl (C=O) groups excluding carboxylic acids is 1. The number of rotatable bonds is 6. The van der Waals surface area contributed by atoms with Crippen molar-refractivity contribution in [1.82, 2.24) is 15.3 Å². The number of nitrogens with one attached hydrogen (secondary N) is 2. The van der Waals surface area contributed by atoms with Gasteiger partial charge >= 0.3 is 0 Å². The van der Waals surface area contributed by atoms with E-state index < -0.39 is 6.10 Å². The number of hydrogen-bond donors (Lipinski definition) is 3. The van der Waals surface area contributed by atoms with Crippen molar-refractivity contribution in [2.75, 3.05) is 6.54 Å². The Bertz CT molecular complexity index is 1090. The van der Waals surface area contributed by atoms with Gasteiger partial charge in [0.05, 0.1) is 22.1 Å². The molecule has 148 valence electrons. The van der Waals surface area contributed by atoms with E-state index in [1.165, 1.54) is 22.5 Å². The molecule has 1 amide bonds. The summed E-state index contributed by atoms with van der Waals surface area (Å²) in [5.41, 5.74) is 2.75. The normalized spacial score (nSPS) is 12.3. The molecule has 0 spiro atoms. The number of aromatic nitrogens is 2. The second-order valence-electron chi connectivity index (χ2n) is 6.87. The van der Waals surface area contributed by atoms with E-state index in [1.807, 2.05) is 6.92 Å². The highest BCUT2D eigenvalue weighted by Crippen LogP contribution is 2.29. The summed E-state index contributed by atoms with van der Waals surface area (Å²) in [5, 5.41) is 12.5. The SMILES string of the molecule is Cc1ccc(C)c(SCc2nc3sc(C(=O)NCC(C)O)c(C)c3c(=O)[nH]2)c1. The number of nitrogens with zero attached hydrogens (tertiary/aromatic N) is 1. The fourth-order valence-electron chi connectivity index (χ4n) is 2.80. The molecule has 3 rings (SSSR count). The highest BCUT2D eigenvalue weighted by atomic mass is 32.2. The number of H-pyrrole nitrogens is 1. The largest absolute Gasteiger partial charge is 0.392 e. The third-order valence-corrected chi connectivity index (χ3v) is 6.67. The smallest absolute Gasteiger partial charge is 0.261 e. The molecule has 0 fully saturated rings. The topological polar surface area (TPSA) is 95.1 Å². The molecule has 3 aromatic rings. The van der Waals surface area contributed by atoms with Gasteiger partial charge in [-0.25, -0.2) is 4.98 Å². The zero-order valence-electron chi connectivity index (χ0n) is 16.3. The number of hydrogen-bond acceptors (Lipinski definition) is 6. The number of aliphatic hydroxyl groups excluding tert-OH is 1. The Labute approximate surface area is 171 Å². The number of carbonyl (C=O) groups is 1. The van der Waals surface area contributed by atoms with Crippen LogP contribution in [0, 0.1) is 20.8 Å². The van der Waals surface area contributed by atoms with Crippen molar-refractivity contribution in [2.24, 2.45) is 0 Å². The maximum absolute atomic E-state index is 12.6. The van der Waals surface area contributed by atoms with Crippen LogP contribution in [0.4, 0.5) is 0 Å². The summed E-state index contributed by atoms with van der Waals surface area (Å²) in [7, 11) is 0. The quantitative estimate of drug-likeness (QED) is 0.535. The summed E-state index contributed by atoms with van der Waals surface area (Å²) in [5.74, 6) is 0.823. The van der Waals surface area contributed by atoms with Crippen LogP contribution in [0.25, 0.3) is 10.2 Å². The van der Waals surface area contributed by atoms with Gasteiger partial charge in [-0.2, -0.15) is 0 Å². The van der Waals surface area contributed by atoms with Gasteiger partial charge in [0.2, 0.25) is 0 Å². The summed E-state index contributed by atoms with van der Waals surface area (Å²) in [6, 6.07) is 6.28. The fraction of sp³-hybridized carbons (Fsp3) is 0.350. The van der Waals surface area contributed by atoms with Crippen molar-refractivity contribution >= 4 is 39.2 Å². The first-order chi connectivity index (χ1) is 13.3. The monoisotopic (exact) mass is 417 g/mol. The number of fused-ring (bicyclic) bond motifs is 1. The van der Waals surface area contributed by atoms with E-state index in [4.69, 9.17) is 0 Å². The number of aromatic amines is 1. The summed E-state index contributed by atoms with van der Waals surface area (Å²) >= 11 is 2.83. The molecular formula is C20H23N3O3S2. The third kappa shape index (κ3) is 4.45. The lowest BCUT2D eigenvalue weighted by molar-refractivity contribution is 0.0927. The molecule has 3 N–H and O–H groups in total. The molecule has 1 unspecified atom stereocenters. The van der Waals surface area contributed by atoms with Crippen molar-refractivity contribution in [3.8, 4) is 0 Å². The zero-order chi connectivity index (χ0) is 20.4. The lowest BCUT2D eigenvalue weighted by Gasteiger charge is -2.06. The van der Waals surface area contributed by atoms with Gasteiger partial charge < -0.3 is 15.4 Å². The number of benzene rings is 1. The molecule has 0 saturated heterocycles. The van der Waals surface area contributed by atoms with Gasteiger partial charge in [-0.15, -0.1) is 23.1 Å². The zero-order valence-corrected chi connectivity index (χ0v) is 17.9. The molecule has 0 aliphatic rings. The molecule has 0 bridgehead atoms. The van der Waals surface area contributed by atoms with Crippen LogP contribution >= 0.6 is 23.1 Å². The molecule has 28 heavy (non-hydrogen) atoms. The summed E-state index contributed by atoms with van der Waals surface area (Å²) in [6.07, 6.45) is -0.631. The number of amides is 1. The van der Waals surface area contributed by atoms with Crippen molar-refractivity contribution in [3.63, 3.8) is 0 Å². The molecule has 0 aliphatic heterocycles. The van der Waals surface area contributed by atoms with Gasteiger partial charge in [0, 0.05) is 11.4 Å². The minimum absolute atomic E-state index is 0.161. The molecule has 0 aliphatic carbocycles. The van der Waals surface area contributed by atoms with Crippen LogP contribution in [0.2, 0.25) is 0 Å². The predicted molar refractivity (Wildman–Crippen MR) is 114 cm³/mol. The lowest BCUT2D eigenvalue weighted by Crippen LogP contribution is -2.30. The first-order valence-electron chi connectivity index (χ1n) is 8.95. The average Bonchev–Trinajstić information content (AvgIpc) is 2.97. The lowest BCUT2D eigenvalue weighted by atomic mass is 10.2. The van der Waals surface area contributed by atoms with E-state index in [9.17, 15) is 14.7 Å². The van der Waals surface area contributed by atoms with Crippen LogP contribution in [0.5, 0.6) is 0 Å². The number of thiophene rings is 1. The highest BCUT2D eigenvalue weighted by Gasteiger charge is 2.19. The summed E-state index contributed by atoms with van der Waals surface area (Å²) in [6.45, 7) is 7.62. The number of aryl methyl sites for hydroxylation is 3. The maximum Gasteiger partial charge on any atom is 0.261 e. The van der Waals surface area contributed by atoms with E-state index in [-0.39, 0.29) is 18.0 Å². The summed E-state index contributed by atoms with van der Waals surface area (Å²) < 4.78 is 0. The minimum atomic E-state index is -0.631. The van der Waals surface area contributed by atoms with Crippen LogP contribution in [0.1, 0.15) is 39.1 Å². The van der Waals surface area contributed by atoms with Crippen LogP contribution < -0.4 is 10.9 Å². The maximum atomic E-state index is 12.6. The van der Waals surface area contributed by atoms with Crippen LogP contribution in [0.15, 0.2) is 27.9 Å². The van der Waals surface area contributed by atoms with Gasteiger partial charge in [0.25, 0.3) is 11.5 Å². The first kappa shape index (κ1) is 20.6. The van der Waals surface area contributed by atoms with Gasteiger partial charge in [0.1, 0.15) is 10.7 Å². The molecule has 6 nitrogen and oxygen atoms in total. The second kappa shape index (κ2) is 8.46. The molecule has 0 radical (unpaired) electrons. The second-order valence-corrected chi connectivity index (χ2v) is 8.88. The minimum Gasteiger partial charge on any atom is -0.392 e. The van der Waals surface area contributed by atoms with Crippen LogP contribution in [-0.4, -0.2) is 33.6 Å². The molecule has 1 atom stereocenters. The van der Waals surface area contributed by atoms with Crippen molar-refractivity contribution in [2.45, 2.75) is 44.4 Å². The van der Waals surface area contributed by atoms with Gasteiger partial charge in [-0.3, -0.25) is 9.59 Å². The summed E-state index contributed by atoms with van der Waals surface area (Å²) in [4.78, 5) is 34.5. The van der Waals surface area contributed by atoms with Crippen molar-refractivity contribution < 1.29 is 9.90 Å². The van der Waals surface area contributed by atoms with Gasteiger partial charge in [-0.1, -0.05) is 17.7 Å². The van der Waals surface area contributed by atoms with Crippen molar-refractivity contribution in [1.29, 1.82) is 0 Å².